The number of ether oxygens (including phenoxy) is 1. The lowest BCUT2D eigenvalue weighted by Crippen LogP contribution is -2.52. The van der Waals surface area contributed by atoms with Crippen LogP contribution < -0.4 is 19.9 Å². The Balaban J connectivity index is 1.30. The van der Waals surface area contributed by atoms with Gasteiger partial charge in [-0.1, -0.05) is 56.3 Å². The van der Waals surface area contributed by atoms with Gasteiger partial charge < -0.3 is 24.8 Å². The Bertz CT molecular complexity index is 1460. The van der Waals surface area contributed by atoms with Crippen molar-refractivity contribution >= 4 is 28.8 Å². The van der Waals surface area contributed by atoms with Crippen molar-refractivity contribution in [3.05, 3.63) is 95.7 Å². The molecule has 1 atom stereocenters. The normalized spacial score (nSPS) is 20.1. The number of hydrogen-bond acceptors (Lipinski definition) is 6. The molecule has 2 heterocycles. The highest BCUT2D eigenvalue weighted by Crippen LogP contribution is 2.48. The third-order valence-electron chi connectivity index (χ3n) is 8.49. The van der Waals surface area contributed by atoms with Crippen LogP contribution in [0.5, 0.6) is 5.75 Å². The molecule has 0 saturated carbocycles. The summed E-state index contributed by atoms with van der Waals surface area (Å²) in [6, 6.07) is 26.0. The van der Waals surface area contributed by atoms with Crippen molar-refractivity contribution in [3.8, 4) is 5.75 Å². The van der Waals surface area contributed by atoms with Crippen molar-refractivity contribution in [1.29, 1.82) is 0 Å². The van der Waals surface area contributed by atoms with Crippen LogP contribution in [0.25, 0.3) is 0 Å². The van der Waals surface area contributed by atoms with E-state index in [9.17, 15) is 9.59 Å². The number of Topliss-reactive ketones (excluding diaryl/α,β-unsaturated/α-hetero) is 1. The van der Waals surface area contributed by atoms with Gasteiger partial charge in [-0.3, -0.25) is 9.59 Å². The summed E-state index contributed by atoms with van der Waals surface area (Å²) < 4.78 is 5.30. The fourth-order valence-corrected chi connectivity index (χ4v) is 6.46. The summed E-state index contributed by atoms with van der Waals surface area (Å²) >= 11 is 0. The summed E-state index contributed by atoms with van der Waals surface area (Å²) in [7, 11) is 1.67. The van der Waals surface area contributed by atoms with Gasteiger partial charge in [0.2, 0.25) is 5.91 Å². The quantitative estimate of drug-likeness (QED) is 0.442. The first-order valence-electron chi connectivity index (χ1n) is 14.4. The number of piperazine rings is 1. The molecular formula is C34H38N4O3. The fraction of sp³-hybridized carbons (Fsp3) is 0.353. The van der Waals surface area contributed by atoms with Crippen molar-refractivity contribution in [2.75, 3.05) is 55.0 Å². The van der Waals surface area contributed by atoms with E-state index in [2.05, 4.69) is 59.3 Å². The molecule has 1 aliphatic carbocycles. The van der Waals surface area contributed by atoms with Gasteiger partial charge in [0.15, 0.2) is 5.78 Å². The van der Waals surface area contributed by atoms with Crippen LogP contribution in [0.1, 0.15) is 38.3 Å². The molecule has 2 aliphatic heterocycles. The lowest BCUT2D eigenvalue weighted by molar-refractivity contribution is -0.130. The lowest BCUT2D eigenvalue weighted by atomic mass is 9.73. The summed E-state index contributed by atoms with van der Waals surface area (Å²) in [4.78, 5) is 34.2. The Labute approximate surface area is 242 Å². The van der Waals surface area contributed by atoms with Crippen LogP contribution in [-0.2, 0) is 9.59 Å². The van der Waals surface area contributed by atoms with Crippen molar-refractivity contribution in [2.45, 2.75) is 32.7 Å². The molecule has 1 N–H and O–H groups in total. The van der Waals surface area contributed by atoms with E-state index in [-0.39, 0.29) is 29.7 Å². The lowest BCUT2D eigenvalue weighted by Gasteiger charge is -2.40. The smallest absolute Gasteiger partial charge is 0.242 e. The molecule has 1 amide bonds. The zero-order valence-corrected chi connectivity index (χ0v) is 24.1. The fourth-order valence-electron chi connectivity index (χ4n) is 6.46. The second kappa shape index (κ2) is 11.0. The molecule has 0 aromatic heterocycles. The predicted molar refractivity (Wildman–Crippen MR) is 163 cm³/mol. The summed E-state index contributed by atoms with van der Waals surface area (Å²) in [6.45, 7) is 7.32. The number of fused-ring (bicyclic) bond motifs is 1. The number of rotatable bonds is 5. The number of anilines is 3. The maximum Gasteiger partial charge on any atom is 0.242 e. The minimum absolute atomic E-state index is 0.0720. The first kappa shape index (κ1) is 26.9. The van der Waals surface area contributed by atoms with Crippen LogP contribution in [0.15, 0.2) is 90.1 Å². The number of amides is 1. The minimum atomic E-state index is -0.351. The Hall–Kier alpha value is -4.26. The second-order valence-corrected chi connectivity index (χ2v) is 12.0. The second-order valence-electron chi connectivity index (χ2n) is 12.0. The molecule has 7 heteroatoms. The number of para-hydroxylation sites is 2. The van der Waals surface area contributed by atoms with Gasteiger partial charge in [-0.25, -0.2) is 0 Å². The third kappa shape index (κ3) is 5.41. The van der Waals surface area contributed by atoms with Crippen LogP contribution in [0, 0.1) is 5.41 Å². The third-order valence-corrected chi connectivity index (χ3v) is 8.49. The number of carbonyl (C=O) groups excluding carboxylic acids is 2. The Morgan fingerprint density at radius 1 is 0.902 bits per heavy atom. The van der Waals surface area contributed by atoms with Crippen molar-refractivity contribution in [2.24, 2.45) is 5.41 Å². The first-order valence-corrected chi connectivity index (χ1v) is 14.4. The Kier molecular flexibility index (Phi) is 7.20. The van der Waals surface area contributed by atoms with E-state index in [0.717, 1.165) is 59.2 Å². The largest absolute Gasteiger partial charge is 0.497 e. The van der Waals surface area contributed by atoms with E-state index in [1.54, 1.807) is 7.11 Å². The summed E-state index contributed by atoms with van der Waals surface area (Å²) in [6.07, 6.45) is 1.27. The number of benzene rings is 3. The Morgan fingerprint density at radius 3 is 2.29 bits per heavy atom. The van der Waals surface area contributed by atoms with Gasteiger partial charge in [0, 0.05) is 49.6 Å². The number of hydrogen-bond donors (Lipinski definition) is 1. The standard InChI is InChI=1S/C34H38N4O3/c1-34(2)21-28-32(30(39)22-34)33(24-9-5-4-6-10-24)38(29-12-8-7-11-27(29)35-28)23-31(40)37-19-17-36(18-20-37)25-13-15-26(41-3)16-14-25/h4-16,33,35H,17-23H2,1-3H3. The number of carbonyl (C=O) groups is 2. The first-order chi connectivity index (χ1) is 19.8. The van der Waals surface area contributed by atoms with Crippen LogP contribution in [0.4, 0.5) is 17.1 Å². The zero-order valence-electron chi connectivity index (χ0n) is 24.1. The number of methoxy groups -OCH3 is 1. The molecule has 41 heavy (non-hydrogen) atoms. The summed E-state index contributed by atoms with van der Waals surface area (Å²) in [5.41, 5.74) is 5.64. The average molecular weight is 551 g/mol. The molecule has 3 aliphatic rings. The molecule has 1 fully saturated rings. The van der Waals surface area contributed by atoms with Crippen LogP contribution in [0.2, 0.25) is 0 Å². The number of nitrogens with zero attached hydrogens (tertiary/aromatic N) is 3. The molecule has 3 aromatic rings. The van der Waals surface area contributed by atoms with Crippen molar-refractivity contribution in [3.63, 3.8) is 0 Å². The number of nitrogens with one attached hydrogen (secondary N) is 1. The monoisotopic (exact) mass is 550 g/mol. The van der Waals surface area contributed by atoms with Crippen LogP contribution in [0.3, 0.4) is 0 Å². The van der Waals surface area contributed by atoms with Crippen LogP contribution >= 0.6 is 0 Å². The highest BCUT2D eigenvalue weighted by atomic mass is 16.5. The molecule has 6 rings (SSSR count). The molecule has 212 valence electrons. The summed E-state index contributed by atoms with van der Waals surface area (Å²) in [5, 5.41) is 3.64. The van der Waals surface area contributed by atoms with Gasteiger partial charge in [-0.05, 0) is 53.8 Å². The maximum atomic E-state index is 14.0. The number of ketones is 1. The van der Waals surface area contributed by atoms with Gasteiger partial charge in [-0.15, -0.1) is 0 Å². The van der Waals surface area contributed by atoms with Gasteiger partial charge in [0.05, 0.1) is 31.1 Å². The highest BCUT2D eigenvalue weighted by Gasteiger charge is 2.42. The molecule has 0 bridgehead atoms. The van der Waals surface area contributed by atoms with E-state index in [1.807, 2.05) is 53.4 Å². The Morgan fingerprint density at radius 2 is 1.59 bits per heavy atom. The van der Waals surface area contributed by atoms with Gasteiger partial charge in [0.25, 0.3) is 0 Å². The van der Waals surface area contributed by atoms with E-state index in [0.29, 0.717) is 19.5 Å². The van der Waals surface area contributed by atoms with E-state index < -0.39 is 0 Å². The van der Waals surface area contributed by atoms with E-state index in [4.69, 9.17) is 4.74 Å². The SMILES string of the molecule is COc1ccc(N2CCN(C(=O)CN3c4ccccc4NC4=C(C(=O)CC(C)(C)C4)C3c3ccccc3)CC2)cc1. The number of allylic oxidation sites excluding steroid dienone is 1. The molecular weight excluding hydrogens is 512 g/mol. The minimum Gasteiger partial charge on any atom is -0.497 e. The molecule has 0 spiro atoms. The highest BCUT2D eigenvalue weighted by molar-refractivity contribution is 6.02. The molecule has 3 aromatic carbocycles. The zero-order chi connectivity index (χ0) is 28.6. The summed E-state index contributed by atoms with van der Waals surface area (Å²) in [5.74, 6) is 1.06. The maximum absolute atomic E-state index is 14.0. The molecule has 7 nitrogen and oxygen atoms in total. The van der Waals surface area contributed by atoms with Crippen LogP contribution in [-0.4, -0.2) is 56.4 Å². The predicted octanol–water partition coefficient (Wildman–Crippen LogP) is 5.66. The molecule has 1 unspecified atom stereocenters. The molecule has 0 radical (unpaired) electrons. The average Bonchev–Trinajstić information content (AvgIpc) is 3.11. The van der Waals surface area contributed by atoms with E-state index in [1.165, 1.54) is 0 Å². The topological polar surface area (TPSA) is 65.1 Å². The van der Waals surface area contributed by atoms with Crippen molar-refractivity contribution in [1.82, 2.24) is 4.90 Å². The van der Waals surface area contributed by atoms with Gasteiger partial charge in [0.1, 0.15) is 5.75 Å². The van der Waals surface area contributed by atoms with Gasteiger partial charge in [-0.2, -0.15) is 0 Å². The van der Waals surface area contributed by atoms with Crippen molar-refractivity contribution < 1.29 is 14.3 Å². The van der Waals surface area contributed by atoms with E-state index >= 15 is 0 Å². The van der Waals surface area contributed by atoms with Gasteiger partial charge >= 0.3 is 0 Å². The molecule has 1 saturated heterocycles.